The number of nitrogens with one attached hydrogen (secondary N) is 2. The smallest absolute Gasteiger partial charge is 0.241 e. The minimum Gasteiger partial charge on any atom is -0.352 e. The van der Waals surface area contributed by atoms with E-state index in [1.807, 2.05) is 4.90 Å². The van der Waals surface area contributed by atoms with Gasteiger partial charge in [-0.3, -0.25) is 14.7 Å². The summed E-state index contributed by atoms with van der Waals surface area (Å²) in [5.74, 6) is 0.937. The first-order chi connectivity index (χ1) is 10.3. The first-order valence-electron chi connectivity index (χ1n) is 8.25. The molecule has 0 aromatic rings. The number of nitrogens with zero attached hydrogens (tertiary/aromatic N) is 3. The molecule has 1 aliphatic carbocycles. The van der Waals surface area contributed by atoms with Crippen molar-refractivity contribution in [1.29, 1.82) is 0 Å². The summed E-state index contributed by atoms with van der Waals surface area (Å²) in [7, 11) is 1.77. The van der Waals surface area contributed by atoms with Crippen molar-refractivity contribution in [2.45, 2.75) is 44.2 Å². The number of amides is 1. The molecule has 2 heterocycles. The molecule has 1 amide bonds. The van der Waals surface area contributed by atoms with E-state index in [-0.39, 0.29) is 29.9 Å². The fraction of sp³-hybridized carbons (Fsp3) is 0.867. The molecule has 7 heteroatoms. The highest BCUT2D eigenvalue weighted by Gasteiger charge is 2.34. The van der Waals surface area contributed by atoms with Crippen molar-refractivity contribution in [3.05, 3.63) is 0 Å². The van der Waals surface area contributed by atoms with Gasteiger partial charge in [-0.15, -0.1) is 24.0 Å². The lowest BCUT2D eigenvalue weighted by Crippen LogP contribution is -2.48. The maximum absolute atomic E-state index is 12.0. The molecule has 1 unspecified atom stereocenters. The second kappa shape index (κ2) is 8.33. The average Bonchev–Trinajstić information content (AvgIpc) is 3.03. The van der Waals surface area contributed by atoms with Crippen molar-refractivity contribution in [1.82, 2.24) is 20.4 Å². The van der Waals surface area contributed by atoms with Crippen LogP contribution in [0.1, 0.15) is 32.1 Å². The van der Waals surface area contributed by atoms with Gasteiger partial charge in [0.05, 0.1) is 6.54 Å². The van der Waals surface area contributed by atoms with Gasteiger partial charge in [0.15, 0.2) is 5.96 Å². The zero-order valence-electron chi connectivity index (χ0n) is 13.4. The third-order valence-electron chi connectivity index (χ3n) is 4.71. The van der Waals surface area contributed by atoms with Crippen molar-refractivity contribution in [3.8, 4) is 0 Å². The van der Waals surface area contributed by atoms with Gasteiger partial charge >= 0.3 is 0 Å². The van der Waals surface area contributed by atoms with E-state index in [0.717, 1.165) is 50.9 Å². The van der Waals surface area contributed by atoms with Crippen LogP contribution < -0.4 is 10.6 Å². The SMILES string of the molecule is CN=C(NCC(=O)N1CCCC1)NC1CCN(C2CC2)C1.I. The summed E-state index contributed by atoms with van der Waals surface area (Å²) in [5, 5.41) is 6.61. The molecule has 0 aromatic carbocycles. The Morgan fingerprint density at radius 1 is 1.18 bits per heavy atom. The second-order valence-corrected chi connectivity index (χ2v) is 6.37. The Hall–Kier alpha value is -0.570. The van der Waals surface area contributed by atoms with Gasteiger partial charge in [-0.25, -0.2) is 0 Å². The summed E-state index contributed by atoms with van der Waals surface area (Å²) in [6.07, 6.45) is 6.17. The molecule has 2 saturated heterocycles. The molecule has 3 rings (SSSR count). The molecule has 22 heavy (non-hydrogen) atoms. The Balaban J connectivity index is 0.00000176. The normalized spacial score (nSPS) is 26.0. The lowest BCUT2D eigenvalue weighted by atomic mass is 10.3. The molecule has 126 valence electrons. The van der Waals surface area contributed by atoms with Crippen molar-refractivity contribution in [3.63, 3.8) is 0 Å². The lowest BCUT2D eigenvalue weighted by Gasteiger charge is -2.20. The number of rotatable bonds is 4. The topological polar surface area (TPSA) is 60.0 Å². The molecule has 0 radical (unpaired) electrons. The van der Waals surface area contributed by atoms with Crippen molar-refractivity contribution in [2.24, 2.45) is 4.99 Å². The fourth-order valence-electron chi connectivity index (χ4n) is 3.30. The van der Waals surface area contributed by atoms with E-state index >= 15 is 0 Å². The van der Waals surface area contributed by atoms with Crippen LogP contribution in [0, 0.1) is 0 Å². The summed E-state index contributed by atoms with van der Waals surface area (Å²) in [6, 6.07) is 1.29. The largest absolute Gasteiger partial charge is 0.352 e. The van der Waals surface area contributed by atoms with Crippen LogP contribution in [0.4, 0.5) is 0 Å². The second-order valence-electron chi connectivity index (χ2n) is 6.37. The Labute approximate surface area is 150 Å². The van der Waals surface area contributed by atoms with Crippen LogP contribution in [-0.2, 0) is 4.79 Å². The van der Waals surface area contributed by atoms with Crippen LogP contribution in [0.15, 0.2) is 4.99 Å². The van der Waals surface area contributed by atoms with Gasteiger partial charge in [-0.2, -0.15) is 0 Å². The predicted molar refractivity (Wildman–Crippen MR) is 98.7 cm³/mol. The number of likely N-dealkylation sites (tertiary alicyclic amines) is 2. The first kappa shape index (κ1) is 17.8. The summed E-state index contributed by atoms with van der Waals surface area (Å²) < 4.78 is 0. The summed E-state index contributed by atoms with van der Waals surface area (Å²) >= 11 is 0. The van der Waals surface area contributed by atoms with E-state index in [4.69, 9.17) is 0 Å². The van der Waals surface area contributed by atoms with Gasteiger partial charge in [0.1, 0.15) is 0 Å². The van der Waals surface area contributed by atoms with Crippen molar-refractivity contribution >= 4 is 35.8 Å². The minimum absolute atomic E-state index is 0. The maximum Gasteiger partial charge on any atom is 0.241 e. The van der Waals surface area contributed by atoms with Gasteiger partial charge in [-0.05, 0) is 32.1 Å². The molecular formula is C15H28IN5O. The van der Waals surface area contributed by atoms with Crippen LogP contribution in [0.5, 0.6) is 0 Å². The highest BCUT2D eigenvalue weighted by Crippen LogP contribution is 2.29. The van der Waals surface area contributed by atoms with E-state index < -0.39 is 0 Å². The highest BCUT2D eigenvalue weighted by molar-refractivity contribution is 14.0. The molecule has 0 aromatic heterocycles. The van der Waals surface area contributed by atoms with Crippen LogP contribution in [-0.4, -0.2) is 73.5 Å². The zero-order chi connectivity index (χ0) is 14.7. The number of carbonyl (C=O) groups excluding carboxylic acids is 1. The van der Waals surface area contributed by atoms with Crippen LogP contribution in [0.25, 0.3) is 0 Å². The van der Waals surface area contributed by atoms with Gasteiger partial charge in [-0.1, -0.05) is 0 Å². The van der Waals surface area contributed by atoms with Crippen LogP contribution >= 0.6 is 24.0 Å². The number of hydrogen-bond donors (Lipinski definition) is 2. The van der Waals surface area contributed by atoms with Crippen LogP contribution in [0.3, 0.4) is 0 Å². The summed E-state index contributed by atoms with van der Waals surface area (Å²) in [6.45, 7) is 4.45. The molecule has 1 atom stereocenters. The summed E-state index contributed by atoms with van der Waals surface area (Å²) in [4.78, 5) is 20.8. The fourth-order valence-corrected chi connectivity index (χ4v) is 3.30. The van der Waals surface area contributed by atoms with Gasteiger partial charge < -0.3 is 15.5 Å². The van der Waals surface area contributed by atoms with Gasteiger partial charge in [0.25, 0.3) is 0 Å². The lowest BCUT2D eigenvalue weighted by molar-refractivity contribution is -0.128. The van der Waals surface area contributed by atoms with E-state index in [1.165, 1.54) is 19.4 Å². The predicted octanol–water partition coefficient (Wildman–Crippen LogP) is 0.628. The molecule has 3 fully saturated rings. The minimum atomic E-state index is 0. The molecule has 0 bridgehead atoms. The van der Waals surface area contributed by atoms with E-state index in [2.05, 4.69) is 20.5 Å². The van der Waals surface area contributed by atoms with Crippen LogP contribution in [0.2, 0.25) is 0 Å². The van der Waals surface area contributed by atoms with Crippen molar-refractivity contribution < 1.29 is 4.79 Å². The quantitative estimate of drug-likeness (QED) is 0.397. The Kier molecular flexibility index (Phi) is 6.73. The number of aliphatic imine (C=N–C) groups is 1. The molecule has 6 nitrogen and oxygen atoms in total. The van der Waals surface area contributed by atoms with E-state index in [1.54, 1.807) is 7.05 Å². The van der Waals surface area contributed by atoms with E-state index in [0.29, 0.717) is 12.6 Å². The number of guanidine groups is 1. The molecule has 2 N–H and O–H groups in total. The maximum atomic E-state index is 12.0. The molecule has 0 spiro atoms. The molecule has 1 saturated carbocycles. The number of hydrogen-bond acceptors (Lipinski definition) is 3. The number of halogens is 1. The standard InChI is InChI=1S/C15H27N5O.HI/c1-16-15(17-10-14(21)19-7-2-3-8-19)18-12-6-9-20(11-12)13-4-5-13;/h12-13H,2-11H2,1H3,(H2,16,17,18);1H. The molecule has 3 aliphatic rings. The Morgan fingerprint density at radius 2 is 1.91 bits per heavy atom. The summed E-state index contributed by atoms with van der Waals surface area (Å²) in [5.41, 5.74) is 0. The molecule has 2 aliphatic heterocycles. The number of carbonyl (C=O) groups is 1. The van der Waals surface area contributed by atoms with Gasteiger partial charge in [0, 0.05) is 45.3 Å². The average molecular weight is 421 g/mol. The Morgan fingerprint density at radius 3 is 2.55 bits per heavy atom. The first-order valence-corrected chi connectivity index (χ1v) is 8.25. The third kappa shape index (κ3) is 4.71. The van der Waals surface area contributed by atoms with Crippen molar-refractivity contribution in [2.75, 3.05) is 39.8 Å². The monoisotopic (exact) mass is 421 g/mol. The van der Waals surface area contributed by atoms with E-state index in [9.17, 15) is 4.79 Å². The zero-order valence-corrected chi connectivity index (χ0v) is 15.7. The highest BCUT2D eigenvalue weighted by atomic mass is 127. The molecular weight excluding hydrogens is 393 g/mol. The Bertz CT molecular complexity index is 407. The third-order valence-corrected chi connectivity index (χ3v) is 4.71. The van der Waals surface area contributed by atoms with Gasteiger partial charge in [0.2, 0.25) is 5.91 Å².